The Morgan fingerprint density at radius 1 is 1.07 bits per heavy atom. The zero-order chi connectivity index (χ0) is 19.9. The first-order chi connectivity index (χ1) is 13.5. The maximum atomic E-state index is 12.3. The maximum absolute atomic E-state index is 12.3. The van der Waals surface area contributed by atoms with Crippen molar-refractivity contribution in [3.8, 4) is 5.75 Å². The van der Waals surface area contributed by atoms with Crippen LogP contribution >= 0.6 is 0 Å². The van der Waals surface area contributed by atoms with Crippen LogP contribution < -0.4 is 15.0 Å². The van der Waals surface area contributed by atoms with E-state index in [1.54, 1.807) is 18.2 Å². The van der Waals surface area contributed by atoms with Crippen molar-refractivity contribution in [2.75, 3.05) is 43.4 Å². The number of hydrogen-bond donors (Lipinski definition) is 1. The van der Waals surface area contributed by atoms with Crippen molar-refractivity contribution in [2.24, 2.45) is 0 Å². The minimum absolute atomic E-state index is 0.0812. The molecule has 0 bridgehead atoms. The molecule has 0 radical (unpaired) electrons. The van der Waals surface area contributed by atoms with Gasteiger partial charge in [0, 0.05) is 32.3 Å². The minimum atomic E-state index is -2.85. The van der Waals surface area contributed by atoms with Gasteiger partial charge in [0.05, 0.1) is 11.4 Å². The third-order valence-corrected chi connectivity index (χ3v) is 4.54. The summed E-state index contributed by atoms with van der Waals surface area (Å²) in [7, 11) is 2.10. The minimum Gasteiger partial charge on any atom is -0.435 e. The van der Waals surface area contributed by atoms with Crippen molar-refractivity contribution >= 4 is 23.4 Å². The molecule has 1 fully saturated rings. The number of anilines is 2. The molecule has 148 valence electrons. The normalized spacial score (nSPS) is 15.2. The summed E-state index contributed by atoms with van der Waals surface area (Å²) in [5, 5.41) is 2.92. The van der Waals surface area contributed by atoms with Gasteiger partial charge in [-0.15, -0.1) is 0 Å². The summed E-state index contributed by atoms with van der Waals surface area (Å²) in [5.74, 6) is -0.174. The van der Waals surface area contributed by atoms with Crippen LogP contribution in [0.1, 0.15) is 5.56 Å². The Bertz CT molecular complexity index is 817. The van der Waals surface area contributed by atoms with Gasteiger partial charge in [-0.2, -0.15) is 8.78 Å². The molecule has 1 N–H and O–H groups in total. The Labute approximate surface area is 163 Å². The van der Waals surface area contributed by atoms with Gasteiger partial charge in [-0.1, -0.05) is 24.3 Å². The number of rotatable bonds is 6. The first-order valence-corrected chi connectivity index (χ1v) is 9.08. The second kappa shape index (κ2) is 9.32. The molecule has 0 unspecified atom stereocenters. The smallest absolute Gasteiger partial charge is 0.387 e. The lowest BCUT2D eigenvalue weighted by molar-refractivity contribution is -0.111. The van der Waals surface area contributed by atoms with Gasteiger partial charge < -0.3 is 19.9 Å². The molecule has 3 rings (SSSR count). The van der Waals surface area contributed by atoms with Crippen LogP contribution in [0.15, 0.2) is 54.6 Å². The summed E-state index contributed by atoms with van der Waals surface area (Å²) in [4.78, 5) is 16.9. The summed E-state index contributed by atoms with van der Waals surface area (Å²) >= 11 is 0. The van der Waals surface area contributed by atoms with Crippen LogP contribution in [0.3, 0.4) is 0 Å². The second-order valence-electron chi connectivity index (χ2n) is 6.58. The number of piperazine rings is 1. The highest BCUT2D eigenvalue weighted by Crippen LogP contribution is 2.26. The van der Waals surface area contributed by atoms with Gasteiger partial charge >= 0.3 is 6.61 Å². The summed E-state index contributed by atoms with van der Waals surface area (Å²) < 4.78 is 28.7. The van der Waals surface area contributed by atoms with Crippen molar-refractivity contribution in [1.29, 1.82) is 0 Å². The lowest BCUT2D eigenvalue weighted by Crippen LogP contribution is -2.44. The van der Waals surface area contributed by atoms with Gasteiger partial charge in [0.2, 0.25) is 5.91 Å². The predicted octanol–water partition coefficient (Wildman–Crippen LogP) is 3.69. The highest BCUT2D eigenvalue weighted by Gasteiger charge is 2.17. The number of nitrogens with zero attached hydrogens (tertiary/aromatic N) is 2. The van der Waals surface area contributed by atoms with Crippen LogP contribution in [0.2, 0.25) is 0 Å². The molecule has 1 aliphatic rings. The Kier molecular flexibility index (Phi) is 6.60. The number of carbonyl (C=O) groups is 1. The van der Waals surface area contributed by atoms with Gasteiger partial charge in [0.15, 0.2) is 0 Å². The molecule has 0 spiro atoms. The number of alkyl halides is 2. The average molecular weight is 387 g/mol. The van der Waals surface area contributed by atoms with Gasteiger partial charge in [-0.05, 0) is 43.0 Å². The zero-order valence-corrected chi connectivity index (χ0v) is 15.6. The molecule has 0 atom stereocenters. The number of carbonyl (C=O) groups excluding carboxylic acids is 1. The first-order valence-electron chi connectivity index (χ1n) is 9.08. The molecule has 0 aromatic heterocycles. The molecule has 1 aliphatic heterocycles. The standard InChI is InChI=1S/C21H23F2N3O2/c1-25-12-14-26(15-13-25)19-5-3-2-4-18(19)24-20(27)11-8-16-6-9-17(10-7-16)28-21(22)23/h2-11,21H,12-15H2,1H3,(H,24,27)/b11-8+. The third-order valence-electron chi connectivity index (χ3n) is 4.54. The van der Waals surface area contributed by atoms with Crippen LogP contribution in [0.5, 0.6) is 5.75 Å². The molecule has 2 aromatic rings. The molecular formula is C21H23F2N3O2. The fourth-order valence-corrected chi connectivity index (χ4v) is 3.01. The molecule has 28 heavy (non-hydrogen) atoms. The Morgan fingerprint density at radius 2 is 1.75 bits per heavy atom. The molecule has 0 aliphatic carbocycles. The average Bonchev–Trinajstić information content (AvgIpc) is 2.68. The largest absolute Gasteiger partial charge is 0.435 e. The van der Waals surface area contributed by atoms with Gasteiger partial charge in [0.1, 0.15) is 5.75 Å². The van der Waals surface area contributed by atoms with Crippen LogP contribution in [-0.4, -0.2) is 50.6 Å². The van der Waals surface area contributed by atoms with Crippen molar-refractivity contribution in [2.45, 2.75) is 6.61 Å². The molecule has 1 amide bonds. The second-order valence-corrected chi connectivity index (χ2v) is 6.58. The lowest BCUT2D eigenvalue weighted by atomic mass is 10.2. The zero-order valence-electron chi connectivity index (χ0n) is 15.6. The number of nitrogens with one attached hydrogen (secondary N) is 1. The van der Waals surface area contributed by atoms with E-state index in [0.717, 1.165) is 37.6 Å². The van der Waals surface area contributed by atoms with E-state index >= 15 is 0 Å². The Balaban J connectivity index is 1.62. The Morgan fingerprint density at radius 3 is 2.43 bits per heavy atom. The van der Waals surface area contributed by atoms with Crippen molar-refractivity contribution in [3.63, 3.8) is 0 Å². The summed E-state index contributed by atoms with van der Waals surface area (Å²) in [6.07, 6.45) is 3.05. The summed E-state index contributed by atoms with van der Waals surface area (Å²) in [6, 6.07) is 13.8. The molecule has 1 saturated heterocycles. The topological polar surface area (TPSA) is 44.8 Å². The number of para-hydroxylation sites is 2. The van der Waals surface area contributed by atoms with Crippen molar-refractivity contribution < 1.29 is 18.3 Å². The van der Waals surface area contributed by atoms with E-state index < -0.39 is 6.61 Å². The highest BCUT2D eigenvalue weighted by molar-refractivity contribution is 6.03. The van der Waals surface area contributed by atoms with Crippen molar-refractivity contribution in [1.82, 2.24) is 4.90 Å². The third kappa shape index (κ3) is 5.53. The monoisotopic (exact) mass is 387 g/mol. The van der Waals surface area contributed by atoms with Gasteiger partial charge in [0.25, 0.3) is 0 Å². The summed E-state index contributed by atoms with van der Waals surface area (Å²) in [6.45, 7) is 0.923. The lowest BCUT2D eigenvalue weighted by Gasteiger charge is -2.35. The van der Waals surface area contributed by atoms with Crippen LogP contribution in [0, 0.1) is 0 Å². The number of halogens is 2. The summed E-state index contributed by atoms with van der Waals surface area (Å²) in [5.41, 5.74) is 2.48. The van der Waals surface area contributed by atoms with E-state index in [2.05, 4.69) is 26.9 Å². The predicted molar refractivity (Wildman–Crippen MR) is 107 cm³/mol. The number of likely N-dealkylation sites (N-methyl/N-ethyl adjacent to an activating group) is 1. The Hall–Kier alpha value is -2.93. The van der Waals surface area contributed by atoms with E-state index in [4.69, 9.17) is 0 Å². The van der Waals surface area contributed by atoms with E-state index in [1.807, 2.05) is 24.3 Å². The van der Waals surface area contributed by atoms with E-state index in [1.165, 1.54) is 18.2 Å². The fraction of sp³-hybridized carbons (Fsp3) is 0.286. The van der Waals surface area contributed by atoms with E-state index in [-0.39, 0.29) is 11.7 Å². The first kappa shape index (κ1) is 19.8. The van der Waals surface area contributed by atoms with Crippen LogP contribution in [0.25, 0.3) is 6.08 Å². The maximum Gasteiger partial charge on any atom is 0.387 e. The number of ether oxygens (including phenoxy) is 1. The van der Waals surface area contributed by atoms with E-state index in [9.17, 15) is 13.6 Å². The highest BCUT2D eigenvalue weighted by atomic mass is 19.3. The molecular weight excluding hydrogens is 364 g/mol. The van der Waals surface area contributed by atoms with Crippen molar-refractivity contribution in [3.05, 3.63) is 60.2 Å². The molecule has 5 nitrogen and oxygen atoms in total. The molecule has 1 heterocycles. The van der Waals surface area contributed by atoms with Gasteiger partial charge in [-0.25, -0.2) is 0 Å². The van der Waals surface area contributed by atoms with Gasteiger partial charge in [-0.3, -0.25) is 4.79 Å². The molecule has 7 heteroatoms. The SMILES string of the molecule is CN1CCN(c2ccccc2NC(=O)/C=C/c2ccc(OC(F)F)cc2)CC1. The molecule has 2 aromatic carbocycles. The number of hydrogen-bond acceptors (Lipinski definition) is 4. The fourth-order valence-electron chi connectivity index (χ4n) is 3.01. The quantitative estimate of drug-likeness (QED) is 0.768. The number of amides is 1. The number of benzene rings is 2. The van der Waals surface area contributed by atoms with Crippen LogP contribution in [-0.2, 0) is 4.79 Å². The van der Waals surface area contributed by atoms with Crippen LogP contribution in [0.4, 0.5) is 20.2 Å². The molecule has 0 saturated carbocycles. The van der Waals surface area contributed by atoms with E-state index in [0.29, 0.717) is 5.56 Å².